The van der Waals surface area contributed by atoms with Crippen molar-refractivity contribution in [2.75, 3.05) is 31.5 Å². The zero-order chi connectivity index (χ0) is 29.2. The molecule has 1 aliphatic heterocycles. The second kappa shape index (κ2) is 12.0. The minimum absolute atomic E-state index is 0.0339. The number of aliphatic hydroxyl groups excluding tert-OH is 1. The van der Waals surface area contributed by atoms with Crippen molar-refractivity contribution in [3.05, 3.63) is 70.6 Å². The summed E-state index contributed by atoms with van der Waals surface area (Å²) in [5, 5.41) is 11.9. The van der Waals surface area contributed by atoms with Crippen LogP contribution in [0.15, 0.2) is 69.1 Å². The molecule has 3 atom stereocenters. The first kappa shape index (κ1) is 30.3. The summed E-state index contributed by atoms with van der Waals surface area (Å²) in [6.07, 6.45) is -0.680. The van der Waals surface area contributed by atoms with Crippen LogP contribution in [-0.2, 0) is 20.0 Å². The van der Waals surface area contributed by atoms with Gasteiger partial charge in [-0.15, -0.1) is 11.3 Å². The highest BCUT2D eigenvalue weighted by Gasteiger charge is 2.35. The molecule has 2 aromatic carbocycles. The average molecular weight is 628 g/mol. The lowest BCUT2D eigenvalue weighted by Gasteiger charge is -2.38. The van der Waals surface area contributed by atoms with Gasteiger partial charge in [0, 0.05) is 30.2 Å². The number of hydrogen-bond donors (Lipinski definition) is 2. The van der Waals surface area contributed by atoms with Gasteiger partial charge in [0.1, 0.15) is 16.1 Å². The summed E-state index contributed by atoms with van der Waals surface area (Å²) >= 11 is 6.98. The summed E-state index contributed by atoms with van der Waals surface area (Å²) < 4.78 is 62.1. The number of likely N-dealkylation sites (N-methyl/N-ethyl adjacent to an activating group) is 1. The normalized spacial score (nSPS) is 18.9. The lowest BCUT2D eigenvalue weighted by atomic mass is 9.99. The van der Waals surface area contributed by atoms with E-state index >= 15 is 0 Å². The predicted octanol–water partition coefficient (Wildman–Crippen LogP) is 3.74. The van der Waals surface area contributed by atoms with Crippen LogP contribution >= 0.6 is 22.9 Å². The van der Waals surface area contributed by atoms with Crippen LogP contribution in [0.4, 0.5) is 5.69 Å². The van der Waals surface area contributed by atoms with E-state index in [0.29, 0.717) is 5.02 Å². The Bertz CT molecular complexity index is 1560. The van der Waals surface area contributed by atoms with Crippen LogP contribution in [0.3, 0.4) is 0 Å². The Hall–Kier alpha value is -2.68. The van der Waals surface area contributed by atoms with E-state index in [1.54, 1.807) is 18.4 Å². The fraction of sp³-hybridized carbons (Fsp3) is 0.346. The van der Waals surface area contributed by atoms with Gasteiger partial charge in [0.25, 0.3) is 15.9 Å². The van der Waals surface area contributed by atoms with Crippen molar-refractivity contribution in [3.8, 4) is 5.75 Å². The summed E-state index contributed by atoms with van der Waals surface area (Å²) in [6.45, 7) is 3.38. The van der Waals surface area contributed by atoms with Gasteiger partial charge in [0.2, 0.25) is 10.0 Å². The molecule has 0 saturated carbocycles. The standard InChI is InChI=1S/C26H30ClN3O7S3/c1-17-14-30(18(2)16-31)26(32)22-13-20(28-39(33,34)25-5-4-12-38-25)8-11-23(22)37-24(17)15-29(3)40(35,36)21-9-6-19(27)7-10-21/h4-13,17-18,24,28,31H,14-16H2,1-3H3/t17-,18-,24-/m1/s1. The number of halogens is 1. The molecule has 0 fully saturated rings. The second-order valence-electron chi connectivity index (χ2n) is 9.61. The third-order valence-electron chi connectivity index (χ3n) is 6.64. The Morgan fingerprint density at radius 1 is 1.18 bits per heavy atom. The van der Waals surface area contributed by atoms with Crippen LogP contribution in [0.1, 0.15) is 24.2 Å². The minimum Gasteiger partial charge on any atom is -0.488 e. The molecule has 3 aromatic rings. The largest absolute Gasteiger partial charge is 0.488 e. The first-order chi connectivity index (χ1) is 18.8. The molecule has 1 aromatic heterocycles. The number of carbonyl (C=O) groups excluding carboxylic acids is 1. The molecule has 1 aliphatic rings. The zero-order valence-electron chi connectivity index (χ0n) is 22.0. The Balaban J connectivity index is 1.68. The highest BCUT2D eigenvalue weighted by atomic mass is 35.5. The van der Waals surface area contributed by atoms with Crippen molar-refractivity contribution in [1.29, 1.82) is 0 Å². The Labute approximate surface area is 243 Å². The number of rotatable bonds is 9. The highest BCUT2D eigenvalue weighted by Crippen LogP contribution is 2.32. The van der Waals surface area contributed by atoms with E-state index in [-0.39, 0.29) is 51.7 Å². The molecule has 1 amide bonds. The van der Waals surface area contributed by atoms with Gasteiger partial charge < -0.3 is 14.7 Å². The number of fused-ring (bicyclic) bond motifs is 1. The van der Waals surface area contributed by atoms with Gasteiger partial charge in [-0.05, 0) is 60.8 Å². The lowest BCUT2D eigenvalue weighted by Crippen LogP contribution is -2.50. The van der Waals surface area contributed by atoms with E-state index in [0.717, 1.165) is 11.3 Å². The van der Waals surface area contributed by atoms with Crippen LogP contribution in [0.25, 0.3) is 0 Å². The van der Waals surface area contributed by atoms with Crippen molar-refractivity contribution in [2.24, 2.45) is 5.92 Å². The number of benzene rings is 2. The van der Waals surface area contributed by atoms with E-state index in [1.165, 1.54) is 64.8 Å². The number of anilines is 1. The molecule has 216 valence electrons. The van der Waals surface area contributed by atoms with Gasteiger partial charge in [-0.25, -0.2) is 16.8 Å². The molecule has 40 heavy (non-hydrogen) atoms. The van der Waals surface area contributed by atoms with Crippen LogP contribution in [0.5, 0.6) is 5.75 Å². The minimum atomic E-state index is -3.87. The maximum absolute atomic E-state index is 13.6. The topological polar surface area (TPSA) is 133 Å². The summed E-state index contributed by atoms with van der Waals surface area (Å²) in [5.74, 6) is -0.597. The third-order valence-corrected chi connectivity index (χ3v) is 11.5. The van der Waals surface area contributed by atoms with E-state index < -0.39 is 38.1 Å². The lowest BCUT2D eigenvalue weighted by molar-refractivity contribution is 0.0387. The van der Waals surface area contributed by atoms with Crippen LogP contribution in [-0.4, -0.2) is 75.9 Å². The van der Waals surface area contributed by atoms with Crippen molar-refractivity contribution in [3.63, 3.8) is 0 Å². The molecule has 0 spiro atoms. The molecule has 2 N–H and O–H groups in total. The van der Waals surface area contributed by atoms with E-state index in [2.05, 4.69) is 4.72 Å². The van der Waals surface area contributed by atoms with Gasteiger partial charge >= 0.3 is 0 Å². The number of amides is 1. The third kappa shape index (κ3) is 6.45. The van der Waals surface area contributed by atoms with Crippen molar-refractivity contribution in [2.45, 2.75) is 35.1 Å². The zero-order valence-corrected chi connectivity index (χ0v) is 25.2. The van der Waals surface area contributed by atoms with E-state index in [9.17, 15) is 26.7 Å². The van der Waals surface area contributed by atoms with Crippen molar-refractivity contribution < 1.29 is 31.5 Å². The summed E-state index contributed by atoms with van der Waals surface area (Å²) in [4.78, 5) is 15.2. The number of carbonyl (C=O) groups is 1. The first-order valence-electron chi connectivity index (χ1n) is 12.3. The number of nitrogens with zero attached hydrogens (tertiary/aromatic N) is 2. The van der Waals surface area contributed by atoms with E-state index in [1.807, 2.05) is 6.92 Å². The molecule has 10 nitrogen and oxygen atoms in total. The fourth-order valence-corrected chi connectivity index (χ4v) is 7.62. The fourth-order valence-electron chi connectivity index (χ4n) is 4.26. The summed E-state index contributed by atoms with van der Waals surface area (Å²) in [7, 11) is -6.29. The van der Waals surface area contributed by atoms with Crippen LogP contribution in [0, 0.1) is 5.92 Å². The number of ether oxygens (including phenoxy) is 1. The van der Waals surface area contributed by atoms with Crippen molar-refractivity contribution in [1.82, 2.24) is 9.21 Å². The molecular formula is C26H30ClN3O7S3. The molecule has 0 unspecified atom stereocenters. The number of nitrogens with one attached hydrogen (secondary N) is 1. The average Bonchev–Trinajstić information content (AvgIpc) is 3.47. The van der Waals surface area contributed by atoms with Crippen LogP contribution in [0.2, 0.25) is 5.02 Å². The summed E-state index contributed by atoms with van der Waals surface area (Å²) in [5.41, 5.74) is 0.250. The maximum Gasteiger partial charge on any atom is 0.271 e. The number of thiophene rings is 1. The van der Waals surface area contributed by atoms with Crippen LogP contribution < -0.4 is 9.46 Å². The van der Waals surface area contributed by atoms with Gasteiger partial charge in [0.05, 0.1) is 29.7 Å². The van der Waals surface area contributed by atoms with Crippen molar-refractivity contribution >= 4 is 54.6 Å². The quantitative estimate of drug-likeness (QED) is 0.369. The second-order valence-corrected chi connectivity index (χ2v) is 14.9. The molecule has 0 radical (unpaired) electrons. The Kier molecular flexibility index (Phi) is 9.12. The molecular weight excluding hydrogens is 598 g/mol. The molecule has 0 bridgehead atoms. The van der Waals surface area contributed by atoms with Gasteiger partial charge in [-0.2, -0.15) is 4.31 Å². The predicted molar refractivity (Wildman–Crippen MR) is 154 cm³/mol. The summed E-state index contributed by atoms with van der Waals surface area (Å²) in [6, 6.07) is 12.7. The monoisotopic (exact) mass is 627 g/mol. The highest BCUT2D eigenvalue weighted by molar-refractivity contribution is 7.94. The van der Waals surface area contributed by atoms with Gasteiger partial charge in [-0.3, -0.25) is 9.52 Å². The molecule has 2 heterocycles. The van der Waals surface area contributed by atoms with E-state index in [4.69, 9.17) is 16.3 Å². The Morgan fingerprint density at radius 3 is 2.50 bits per heavy atom. The number of hydrogen-bond acceptors (Lipinski definition) is 8. The van der Waals surface area contributed by atoms with Gasteiger partial charge in [0.15, 0.2) is 0 Å². The maximum atomic E-state index is 13.6. The number of aliphatic hydroxyl groups is 1. The smallest absolute Gasteiger partial charge is 0.271 e. The molecule has 0 saturated heterocycles. The molecule has 4 rings (SSSR count). The van der Waals surface area contributed by atoms with Gasteiger partial charge in [-0.1, -0.05) is 24.6 Å². The molecule has 0 aliphatic carbocycles. The number of sulfonamides is 2. The molecule has 14 heteroatoms. The Morgan fingerprint density at radius 2 is 1.88 bits per heavy atom. The SMILES string of the molecule is C[C@@H]1CN([C@H](C)CO)C(=O)c2cc(NS(=O)(=O)c3cccs3)ccc2O[C@@H]1CN(C)S(=O)(=O)c1ccc(Cl)cc1. The first-order valence-corrected chi connectivity index (χ1v) is 16.5.